The van der Waals surface area contributed by atoms with E-state index in [1.165, 1.54) is 7.11 Å². The summed E-state index contributed by atoms with van der Waals surface area (Å²) < 4.78 is 4.84. The first-order chi connectivity index (χ1) is 11.1. The molecular weight excluding hydrogens is 312 g/mol. The molecule has 0 saturated heterocycles. The molecule has 0 N–H and O–H groups in total. The largest absolute Gasteiger partial charge is 0.468 e. The lowest BCUT2D eigenvalue weighted by molar-refractivity contribution is -0.141. The first-order valence-electron chi connectivity index (χ1n) is 7.33. The molecule has 3 rings (SSSR count). The summed E-state index contributed by atoms with van der Waals surface area (Å²) in [7, 11) is 1.39. The third-order valence-electron chi connectivity index (χ3n) is 3.95. The molecule has 0 unspecified atom stereocenters. The van der Waals surface area contributed by atoms with Gasteiger partial charge in [-0.2, -0.15) is 0 Å². The number of fused-ring (bicyclic) bond motifs is 1. The highest BCUT2D eigenvalue weighted by Crippen LogP contribution is 2.39. The Morgan fingerprint density at radius 3 is 2.61 bits per heavy atom. The molecule has 2 aromatic rings. The molecule has 23 heavy (non-hydrogen) atoms. The summed E-state index contributed by atoms with van der Waals surface area (Å²) >= 11 is 6.01. The van der Waals surface area contributed by atoms with Gasteiger partial charge in [-0.1, -0.05) is 41.9 Å². The van der Waals surface area contributed by atoms with Crippen LogP contribution in [-0.4, -0.2) is 30.4 Å². The van der Waals surface area contributed by atoms with Gasteiger partial charge in [0.1, 0.15) is 12.4 Å². The lowest BCUT2D eigenvalue weighted by Crippen LogP contribution is -2.40. The predicted molar refractivity (Wildman–Crippen MR) is 91.2 cm³/mol. The maximum absolute atomic E-state index is 11.8. The summed E-state index contributed by atoms with van der Waals surface area (Å²) in [4.78, 5) is 18.4. The monoisotopic (exact) mass is 328 g/mol. The summed E-state index contributed by atoms with van der Waals surface area (Å²) in [6, 6.07) is 15.5. The minimum atomic E-state index is -0.294. The zero-order valence-electron chi connectivity index (χ0n) is 13.0. The van der Waals surface area contributed by atoms with E-state index in [2.05, 4.69) is 4.99 Å². The van der Waals surface area contributed by atoms with E-state index in [9.17, 15) is 4.79 Å². The first-order valence-corrected chi connectivity index (χ1v) is 7.71. The van der Waals surface area contributed by atoms with Crippen molar-refractivity contribution in [3.05, 3.63) is 64.7 Å². The minimum absolute atomic E-state index is 0.0972. The molecule has 2 aromatic carbocycles. The van der Waals surface area contributed by atoms with Crippen molar-refractivity contribution in [1.82, 2.24) is 4.90 Å². The molecule has 0 fully saturated rings. The SMILES string of the molecule is COC(=O)CN1C(C)=Nc2ccccc2[C@H]1c1ccc(Cl)cc1. The number of hydrogen-bond donors (Lipinski definition) is 0. The lowest BCUT2D eigenvalue weighted by Gasteiger charge is -2.36. The van der Waals surface area contributed by atoms with Gasteiger partial charge in [0.15, 0.2) is 0 Å². The van der Waals surface area contributed by atoms with E-state index < -0.39 is 0 Å². The molecule has 1 atom stereocenters. The van der Waals surface area contributed by atoms with E-state index in [4.69, 9.17) is 16.3 Å². The predicted octanol–water partition coefficient (Wildman–Crippen LogP) is 3.97. The van der Waals surface area contributed by atoms with Crippen LogP contribution < -0.4 is 0 Å². The van der Waals surface area contributed by atoms with Crippen molar-refractivity contribution in [1.29, 1.82) is 0 Å². The molecule has 0 aromatic heterocycles. The number of carbonyl (C=O) groups excluding carboxylic acids is 1. The molecule has 1 aliphatic heterocycles. The summed E-state index contributed by atoms with van der Waals surface area (Å²) in [5.74, 6) is 0.493. The van der Waals surface area contributed by atoms with E-state index in [0.29, 0.717) is 5.02 Å². The van der Waals surface area contributed by atoms with Crippen LogP contribution in [0.2, 0.25) is 5.02 Å². The first kappa shape index (κ1) is 15.6. The molecule has 0 radical (unpaired) electrons. The number of ether oxygens (including phenoxy) is 1. The fourth-order valence-electron chi connectivity index (χ4n) is 2.83. The van der Waals surface area contributed by atoms with Gasteiger partial charge in [0.2, 0.25) is 0 Å². The van der Waals surface area contributed by atoms with Gasteiger partial charge in [0.25, 0.3) is 0 Å². The number of carbonyl (C=O) groups is 1. The van der Waals surface area contributed by atoms with Gasteiger partial charge in [-0.05, 0) is 30.7 Å². The highest BCUT2D eigenvalue weighted by atomic mass is 35.5. The zero-order chi connectivity index (χ0) is 16.4. The molecule has 118 valence electrons. The number of para-hydroxylation sites is 1. The topological polar surface area (TPSA) is 41.9 Å². The number of rotatable bonds is 3. The Hall–Kier alpha value is -2.33. The second-order valence-corrected chi connectivity index (χ2v) is 5.81. The van der Waals surface area contributed by atoms with Crippen LogP contribution in [0, 0.1) is 0 Å². The van der Waals surface area contributed by atoms with Crippen LogP contribution in [0.3, 0.4) is 0 Å². The summed E-state index contributed by atoms with van der Waals surface area (Å²) in [5, 5.41) is 0.683. The molecule has 0 aliphatic carbocycles. The summed E-state index contributed by atoms with van der Waals surface area (Å²) in [6.07, 6.45) is 0. The molecular formula is C18H17ClN2O2. The van der Waals surface area contributed by atoms with Crippen molar-refractivity contribution in [3.8, 4) is 0 Å². The van der Waals surface area contributed by atoms with Gasteiger partial charge in [-0.3, -0.25) is 4.79 Å². The molecule has 5 heteroatoms. The average molecular weight is 329 g/mol. The maximum atomic E-state index is 11.8. The maximum Gasteiger partial charge on any atom is 0.325 e. The average Bonchev–Trinajstić information content (AvgIpc) is 2.56. The second-order valence-electron chi connectivity index (χ2n) is 5.38. The van der Waals surface area contributed by atoms with Crippen molar-refractivity contribution in [2.45, 2.75) is 13.0 Å². The number of amidine groups is 1. The van der Waals surface area contributed by atoms with Gasteiger partial charge in [-0.15, -0.1) is 0 Å². The number of esters is 1. The van der Waals surface area contributed by atoms with E-state index in [-0.39, 0.29) is 18.6 Å². The molecule has 0 saturated carbocycles. The van der Waals surface area contributed by atoms with E-state index in [1.807, 2.05) is 60.4 Å². The number of halogens is 1. The quantitative estimate of drug-likeness (QED) is 0.801. The van der Waals surface area contributed by atoms with Gasteiger partial charge < -0.3 is 9.64 Å². The summed E-state index contributed by atoms with van der Waals surface area (Å²) in [5.41, 5.74) is 3.04. The van der Waals surface area contributed by atoms with E-state index in [0.717, 1.165) is 22.6 Å². The van der Waals surface area contributed by atoms with Gasteiger partial charge in [0.05, 0.1) is 18.8 Å². The Morgan fingerprint density at radius 1 is 1.22 bits per heavy atom. The van der Waals surface area contributed by atoms with Crippen molar-refractivity contribution >= 4 is 29.1 Å². The van der Waals surface area contributed by atoms with Crippen LogP contribution in [0.5, 0.6) is 0 Å². The van der Waals surface area contributed by atoms with E-state index in [1.54, 1.807) is 0 Å². The second kappa shape index (κ2) is 6.42. The molecule has 4 nitrogen and oxygen atoms in total. The van der Waals surface area contributed by atoms with E-state index >= 15 is 0 Å². The number of methoxy groups -OCH3 is 1. The Balaban J connectivity index is 2.10. The Kier molecular flexibility index (Phi) is 4.35. The number of hydrogen-bond acceptors (Lipinski definition) is 4. The normalized spacial score (nSPS) is 16.6. The van der Waals surface area contributed by atoms with Crippen LogP contribution in [0.15, 0.2) is 53.5 Å². The van der Waals surface area contributed by atoms with Crippen LogP contribution in [0.1, 0.15) is 24.1 Å². The third-order valence-corrected chi connectivity index (χ3v) is 4.21. The Bertz CT molecular complexity index is 756. The number of benzene rings is 2. The summed E-state index contributed by atoms with van der Waals surface area (Å²) in [6.45, 7) is 2.05. The van der Waals surface area contributed by atoms with Gasteiger partial charge in [-0.25, -0.2) is 4.99 Å². The standard InChI is InChI=1S/C18H17ClN2O2/c1-12-20-16-6-4-3-5-15(16)18(21(12)11-17(22)23-2)13-7-9-14(19)10-8-13/h3-10,18H,11H2,1-2H3/t18-/m1/s1. The molecule has 0 spiro atoms. The van der Waals surface area contributed by atoms with Gasteiger partial charge in [0, 0.05) is 10.6 Å². The van der Waals surface area contributed by atoms with Crippen molar-refractivity contribution < 1.29 is 9.53 Å². The van der Waals surface area contributed by atoms with Crippen molar-refractivity contribution in [2.75, 3.05) is 13.7 Å². The number of aliphatic imine (C=N–C) groups is 1. The smallest absolute Gasteiger partial charge is 0.325 e. The van der Waals surface area contributed by atoms with Crippen molar-refractivity contribution in [3.63, 3.8) is 0 Å². The van der Waals surface area contributed by atoms with Gasteiger partial charge >= 0.3 is 5.97 Å². The fraction of sp³-hybridized carbons (Fsp3) is 0.222. The molecule has 0 bridgehead atoms. The number of nitrogens with zero attached hydrogens (tertiary/aromatic N) is 2. The van der Waals surface area contributed by atoms with Crippen LogP contribution in [0.25, 0.3) is 0 Å². The molecule has 1 heterocycles. The third kappa shape index (κ3) is 3.08. The molecule has 0 amide bonds. The Morgan fingerprint density at radius 2 is 1.91 bits per heavy atom. The highest BCUT2D eigenvalue weighted by Gasteiger charge is 2.30. The van der Waals surface area contributed by atoms with Crippen molar-refractivity contribution in [2.24, 2.45) is 4.99 Å². The Labute approximate surface area is 140 Å². The van der Waals surface area contributed by atoms with Crippen LogP contribution in [-0.2, 0) is 9.53 Å². The zero-order valence-corrected chi connectivity index (χ0v) is 13.7. The van der Waals surface area contributed by atoms with Crippen LogP contribution >= 0.6 is 11.6 Å². The lowest BCUT2D eigenvalue weighted by atomic mass is 9.94. The fourth-order valence-corrected chi connectivity index (χ4v) is 2.95. The highest BCUT2D eigenvalue weighted by molar-refractivity contribution is 6.30. The minimum Gasteiger partial charge on any atom is -0.468 e. The molecule has 1 aliphatic rings. The van der Waals surface area contributed by atoms with Crippen LogP contribution in [0.4, 0.5) is 5.69 Å².